The Bertz CT molecular complexity index is 544. The lowest BCUT2D eigenvalue weighted by atomic mass is 10.1. The predicted molar refractivity (Wildman–Crippen MR) is 76.5 cm³/mol. The molecular formula is C15H18N4. The van der Waals surface area contributed by atoms with Gasteiger partial charge in [-0.3, -0.25) is 4.98 Å². The maximum Gasteiger partial charge on any atom is 0.130 e. The quantitative estimate of drug-likeness (QED) is 0.884. The molecule has 0 saturated carbocycles. The van der Waals surface area contributed by atoms with Crippen LogP contribution >= 0.6 is 0 Å². The van der Waals surface area contributed by atoms with Gasteiger partial charge in [0, 0.05) is 11.7 Å². The fourth-order valence-electron chi connectivity index (χ4n) is 2.38. The molecule has 2 aromatic rings. The van der Waals surface area contributed by atoms with E-state index in [2.05, 4.69) is 32.7 Å². The molecule has 0 aromatic carbocycles. The number of rotatable bonds is 3. The van der Waals surface area contributed by atoms with E-state index in [9.17, 15) is 0 Å². The van der Waals surface area contributed by atoms with Crippen molar-refractivity contribution < 1.29 is 0 Å². The fourth-order valence-corrected chi connectivity index (χ4v) is 2.38. The summed E-state index contributed by atoms with van der Waals surface area (Å²) in [6.07, 6.45) is 4.29. The van der Waals surface area contributed by atoms with Crippen LogP contribution in [0.25, 0.3) is 0 Å². The van der Waals surface area contributed by atoms with Gasteiger partial charge in [-0.25, -0.2) is 4.98 Å². The van der Waals surface area contributed by atoms with Gasteiger partial charge in [0.25, 0.3) is 0 Å². The monoisotopic (exact) mass is 254 g/mol. The van der Waals surface area contributed by atoms with E-state index in [1.54, 1.807) is 0 Å². The number of anilines is 2. The van der Waals surface area contributed by atoms with E-state index in [4.69, 9.17) is 0 Å². The molecule has 1 unspecified atom stereocenters. The average molecular weight is 254 g/mol. The lowest BCUT2D eigenvalue weighted by Gasteiger charge is -2.11. The first-order chi connectivity index (χ1) is 9.31. The first kappa shape index (κ1) is 12.1. The number of aromatic nitrogens is 2. The topological polar surface area (TPSA) is 49.8 Å². The zero-order valence-corrected chi connectivity index (χ0v) is 11.1. The Morgan fingerprint density at radius 1 is 1.26 bits per heavy atom. The lowest BCUT2D eigenvalue weighted by Crippen LogP contribution is -2.14. The Morgan fingerprint density at radius 3 is 2.89 bits per heavy atom. The smallest absolute Gasteiger partial charge is 0.130 e. The Labute approximate surface area is 113 Å². The first-order valence-corrected chi connectivity index (χ1v) is 6.71. The Kier molecular flexibility index (Phi) is 3.42. The van der Waals surface area contributed by atoms with Crippen molar-refractivity contribution in [3.05, 3.63) is 47.9 Å². The Morgan fingerprint density at radius 2 is 2.21 bits per heavy atom. The van der Waals surface area contributed by atoms with E-state index < -0.39 is 0 Å². The molecule has 1 aliphatic heterocycles. The standard InChI is InChI=1S/C15H18N4/c1-11-4-2-6-15(18-11)19-12-7-8-14(17-10-12)13-5-3-9-16-13/h2,4,6-8,10,13,16H,3,5,9H2,1H3,(H,18,19). The van der Waals surface area contributed by atoms with Crippen LogP contribution in [0.4, 0.5) is 11.5 Å². The van der Waals surface area contributed by atoms with E-state index in [-0.39, 0.29) is 0 Å². The zero-order chi connectivity index (χ0) is 13.1. The molecule has 3 heterocycles. The Balaban J connectivity index is 1.72. The van der Waals surface area contributed by atoms with Crippen molar-refractivity contribution in [3.8, 4) is 0 Å². The van der Waals surface area contributed by atoms with Crippen LogP contribution in [0.3, 0.4) is 0 Å². The van der Waals surface area contributed by atoms with Crippen molar-refractivity contribution in [2.75, 3.05) is 11.9 Å². The summed E-state index contributed by atoms with van der Waals surface area (Å²) < 4.78 is 0. The van der Waals surface area contributed by atoms with Crippen LogP contribution in [0.2, 0.25) is 0 Å². The van der Waals surface area contributed by atoms with E-state index in [1.807, 2.05) is 31.3 Å². The molecule has 0 bridgehead atoms. The van der Waals surface area contributed by atoms with Gasteiger partial charge in [0.05, 0.1) is 17.6 Å². The maximum absolute atomic E-state index is 4.53. The summed E-state index contributed by atoms with van der Waals surface area (Å²) in [5, 5.41) is 6.72. The highest BCUT2D eigenvalue weighted by Crippen LogP contribution is 2.22. The van der Waals surface area contributed by atoms with Crippen LogP contribution in [-0.4, -0.2) is 16.5 Å². The second kappa shape index (κ2) is 5.36. The van der Waals surface area contributed by atoms with Crippen molar-refractivity contribution in [1.29, 1.82) is 0 Å². The highest BCUT2D eigenvalue weighted by atomic mass is 15.0. The molecule has 4 heteroatoms. The minimum absolute atomic E-state index is 0.422. The van der Waals surface area contributed by atoms with Gasteiger partial charge in [-0.2, -0.15) is 0 Å². The molecule has 19 heavy (non-hydrogen) atoms. The summed E-state index contributed by atoms with van der Waals surface area (Å²) in [6, 6.07) is 10.5. The summed E-state index contributed by atoms with van der Waals surface area (Å²) in [5.74, 6) is 0.855. The average Bonchev–Trinajstić information content (AvgIpc) is 2.94. The van der Waals surface area contributed by atoms with Crippen molar-refractivity contribution in [2.24, 2.45) is 0 Å². The molecule has 2 N–H and O–H groups in total. The van der Waals surface area contributed by atoms with Crippen LogP contribution in [0.5, 0.6) is 0 Å². The molecule has 98 valence electrons. The third kappa shape index (κ3) is 2.90. The largest absolute Gasteiger partial charge is 0.339 e. The van der Waals surface area contributed by atoms with E-state index >= 15 is 0 Å². The maximum atomic E-state index is 4.53. The van der Waals surface area contributed by atoms with Crippen LogP contribution in [0.1, 0.15) is 30.3 Å². The van der Waals surface area contributed by atoms with E-state index in [1.165, 1.54) is 12.8 Å². The normalized spacial score (nSPS) is 18.5. The number of pyridine rings is 2. The second-order valence-corrected chi connectivity index (χ2v) is 4.91. The van der Waals surface area contributed by atoms with Gasteiger partial charge in [-0.15, -0.1) is 0 Å². The Hall–Kier alpha value is -1.94. The molecule has 1 saturated heterocycles. The minimum Gasteiger partial charge on any atom is -0.339 e. The van der Waals surface area contributed by atoms with Crippen molar-refractivity contribution >= 4 is 11.5 Å². The zero-order valence-electron chi connectivity index (χ0n) is 11.1. The van der Waals surface area contributed by atoms with Gasteiger partial charge in [0.15, 0.2) is 0 Å². The molecule has 3 rings (SSSR count). The molecule has 0 radical (unpaired) electrons. The SMILES string of the molecule is Cc1cccc(Nc2ccc(C3CCCN3)nc2)n1. The van der Waals surface area contributed by atoms with Crippen LogP contribution in [0, 0.1) is 6.92 Å². The van der Waals surface area contributed by atoms with Gasteiger partial charge in [0.2, 0.25) is 0 Å². The number of aryl methyl sites for hydroxylation is 1. The van der Waals surface area contributed by atoms with E-state index in [0.29, 0.717) is 6.04 Å². The molecular weight excluding hydrogens is 236 g/mol. The van der Waals surface area contributed by atoms with Gasteiger partial charge in [-0.1, -0.05) is 6.07 Å². The highest BCUT2D eigenvalue weighted by Gasteiger charge is 2.16. The molecule has 4 nitrogen and oxygen atoms in total. The van der Waals surface area contributed by atoms with Gasteiger partial charge in [0.1, 0.15) is 5.82 Å². The number of hydrogen-bond acceptors (Lipinski definition) is 4. The van der Waals surface area contributed by atoms with Crippen LogP contribution in [0.15, 0.2) is 36.5 Å². The minimum atomic E-state index is 0.422. The second-order valence-electron chi connectivity index (χ2n) is 4.91. The summed E-state index contributed by atoms with van der Waals surface area (Å²) in [6.45, 7) is 3.08. The summed E-state index contributed by atoms with van der Waals surface area (Å²) in [5.41, 5.74) is 3.10. The molecule has 0 aliphatic carbocycles. The van der Waals surface area contributed by atoms with Crippen molar-refractivity contribution in [3.63, 3.8) is 0 Å². The predicted octanol–water partition coefficient (Wildman–Crippen LogP) is 2.95. The molecule has 0 amide bonds. The molecule has 2 aromatic heterocycles. The summed E-state index contributed by atoms with van der Waals surface area (Å²) in [7, 11) is 0. The van der Waals surface area contributed by atoms with Crippen LogP contribution in [-0.2, 0) is 0 Å². The molecule has 1 atom stereocenters. The van der Waals surface area contributed by atoms with Crippen molar-refractivity contribution in [1.82, 2.24) is 15.3 Å². The molecule has 1 fully saturated rings. The molecule has 0 spiro atoms. The van der Waals surface area contributed by atoms with Gasteiger partial charge >= 0.3 is 0 Å². The summed E-state index contributed by atoms with van der Waals surface area (Å²) in [4.78, 5) is 8.94. The molecule has 1 aliphatic rings. The number of nitrogens with zero attached hydrogens (tertiary/aromatic N) is 2. The third-order valence-corrected chi connectivity index (χ3v) is 3.36. The third-order valence-electron chi connectivity index (χ3n) is 3.36. The summed E-state index contributed by atoms with van der Waals surface area (Å²) >= 11 is 0. The van der Waals surface area contributed by atoms with Gasteiger partial charge in [-0.05, 0) is 50.6 Å². The highest BCUT2D eigenvalue weighted by molar-refractivity contribution is 5.54. The fraction of sp³-hybridized carbons (Fsp3) is 0.333. The van der Waals surface area contributed by atoms with Crippen molar-refractivity contribution in [2.45, 2.75) is 25.8 Å². The number of hydrogen-bond donors (Lipinski definition) is 2. The van der Waals surface area contributed by atoms with Gasteiger partial charge < -0.3 is 10.6 Å². The van der Waals surface area contributed by atoms with E-state index in [0.717, 1.165) is 29.4 Å². The van der Waals surface area contributed by atoms with Crippen LogP contribution < -0.4 is 10.6 Å². The lowest BCUT2D eigenvalue weighted by molar-refractivity contribution is 0.628. The number of nitrogens with one attached hydrogen (secondary N) is 2. The first-order valence-electron chi connectivity index (χ1n) is 6.71.